The second kappa shape index (κ2) is 10.3. The lowest BCUT2D eigenvalue weighted by molar-refractivity contribution is -0.140. The fraction of sp³-hybridized carbons (Fsp3) is 0.407. The largest absolute Gasteiger partial charge is 0.507 e. The SMILES string of the molecule is CCCCOc1ccc(C2/C(=C(/O)c3ccc4c(c3)CC(C)O4)C(=O)C(=O)N2CCOC)cc1. The number of amides is 1. The van der Waals surface area contributed by atoms with Crippen molar-refractivity contribution in [3.8, 4) is 11.5 Å². The van der Waals surface area contributed by atoms with Crippen LogP contribution >= 0.6 is 0 Å². The number of unbranched alkanes of at least 4 members (excludes halogenated alkanes) is 1. The summed E-state index contributed by atoms with van der Waals surface area (Å²) >= 11 is 0. The van der Waals surface area contributed by atoms with Gasteiger partial charge >= 0.3 is 0 Å². The molecule has 2 aliphatic heterocycles. The highest BCUT2D eigenvalue weighted by Gasteiger charge is 2.46. The molecule has 2 unspecified atom stereocenters. The van der Waals surface area contributed by atoms with Gasteiger partial charge in [-0.3, -0.25) is 9.59 Å². The molecule has 0 radical (unpaired) electrons. The highest BCUT2D eigenvalue weighted by atomic mass is 16.5. The van der Waals surface area contributed by atoms with Crippen molar-refractivity contribution in [2.45, 2.75) is 45.3 Å². The molecule has 0 bridgehead atoms. The number of ether oxygens (including phenoxy) is 3. The third kappa shape index (κ3) is 4.66. The molecule has 1 saturated heterocycles. The van der Waals surface area contributed by atoms with Crippen LogP contribution in [0.3, 0.4) is 0 Å². The molecule has 1 amide bonds. The van der Waals surface area contributed by atoms with Gasteiger partial charge in [-0.2, -0.15) is 0 Å². The monoisotopic (exact) mass is 465 g/mol. The predicted molar refractivity (Wildman–Crippen MR) is 128 cm³/mol. The van der Waals surface area contributed by atoms with E-state index in [0.717, 1.165) is 41.9 Å². The maximum atomic E-state index is 13.1. The Morgan fingerprint density at radius 3 is 2.62 bits per heavy atom. The number of methoxy groups -OCH3 is 1. The van der Waals surface area contributed by atoms with Gasteiger partial charge in [-0.1, -0.05) is 25.5 Å². The Morgan fingerprint density at radius 1 is 1.15 bits per heavy atom. The average molecular weight is 466 g/mol. The predicted octanol–water partition coefficient (Wildman–Crippen LogP) is 4.26. The van der Waals surface area contributed by atoms with Crippen LogP contribution in [0, 0.1) is 0 Å². The summed E-state index contributed by atoms with van der Waals surface area (Å²) in [4.78, 5) is 27.5. The first-order chi connectivity index (χ1) is 16.4. The van der Waals surface area contributed by atoms with Gasteiger partial charge in [-0.05, 0) is 54.8 Å². The molecule has 0 aromatic heterocycles. The molecule has 2 heterocycles. The molecule has 7 heteroatoms. The number of fused-ring (bicyclic) bond motifs is 1. The lowest BCUT2D eigenvalue weighted by Gasteiger charge is -2.25. The van der Waals surface area contributed by atoms with E-state index in [9.17, 15) is 14.7 Å². The first kappa shape index (κ1) is 23.8. The number of carbonyl (C=O) groups excluding carboxylic acids is 2. The molecular weight excluding hydrogens is 434 g/mol. The zero-order valence-corrected chi connectivity index (χ0v) is 19.9. The number of likely N-dealkylation sites (tertiary alicyclic amines) is 1. The number of Topliss-reactive ketones (excluding diaryl/α,β-unsaturated/α-hetero) is 1. The van der Waals surface area contributed by atoms with E-state index in [2.05, 4.69) is 6.92 Å². The molecule has 1 N–H and O–H groups in total. The zero-order valence-electron chi connectivity index (χ0n) is 19.9. The summed E-state index contributed by atoms with van der Waals surface area (Å²) in [6.07, 6.45) is 2.79. The molecule has 2 aromatic rings. The Hall–Kier alpha value is -3.32. The van der Waals surface area contributed by atoms with E-state index < -0.39 is 17.7 Å². The summed E-state index contributed by atoms with van der Waals surface area (Å²) in [6, 6.07) is 12.0. The highest BCUT2D eigenvalue weighted by molar-refractivity contribution is 6.46. The lowest BCUT2D eigenvalue weighted by atomic mass is 9.94. The van der Waals surface area contributed by atoms with Crippen molar-refractivity contribution in [2.24, 2.45) is 0 Å². The topological polar surface area (TPSA) is 85.3 Å². The zero-order chi connectivity index (χ0) is 24.2. The fourth-order valence-corrected chi connectivity index (χ4v) is 4.45. The molecule has 0 spiro atoms. The van der Waals surface area contributed by atoms with Crippen molar-refractivity contribution in [3.05, 3.63) is 64.7 Å². The van der Waals surface area contributed by atoms with Crippen molar-refractivity contribution in [1.29, 1.82) is 0 Å². The Morgan fingerprint density at radius 2 is 1.91 bits per heavy atom. The minimum atomic E-state index is -0.719. The highest BCUT2D eigenvalue weighted by Crippen LogP contribution is 2.40. The smallest absolute Gasteiger partial charge is 0.295 e. The number of aliphatic hydroxyl groups is 1. The van der Waals surface area contributed by atoms with Crippen LogP contribution in [0.15, 0.2) is 48.0 Å². The molecule has 7 nitrogen and oxygen atoms in total. The second-order valence-corrected chi connectivity index (χ2v) is 8.71. The van der Waals surface area contributed by atoms with Gasteiger partial charge in [0.15, 0.2) is 0 Å². The standard InChI is InChI=1S/C27H31NO6/c1-4-5-13-33-21-9-6-18(7-10-21)24-23(26(30)27(31)28(24)12-14-32-3)25(29)19-8-11-22-20(16-19)15-17(2)34-22/h6-11,16-17,24,29H,4-5,12-15H2,1-3H3/b25-23-. The van der Waals surface area contributed by atoms with Crippen LogP contribution < -0.4 is 9.47 Å². The quantitative estimate of drug-likeness (QED) is 0.258. The average Bonchev–Trinajstić information content (AvgIpc) is 3.33. The molecule has 0 saturated carbocycles. The third-order valence-corrected chi connectivity index (χ3v) is 6.21. The van der Waals surface area contributed by atoms with Gasteiger partial charge in [0, 0.05) is 25.6 Å². The van der Waals surface area contributed by atoms with Gasteiger partial charge in [-0.25, -0.2) is 0 Å². The van der Waals surface area contributed by atoms with Crippen molar-refractivity contribution in [3.63, 3.8) is 0 Å². The van der Waals surface area contributed by atoms with Crippen LogP contribution in [0.5, 0.6) is 11.5 Å². The number of benzene rings is 2. The van der Waals surface area contributed by atoms with Crippen LogP contribution in [-0.4, -0.2) is 54.7 Å². The Labute approximate surface area is 199 Å². The maximum Gasteiger partial charge on any atom is 0.295 e. The number of ketones is 1. The minimum Gasteiger partial charge on any atom is -0.507 e. The first-order valence-corrected chi connectivity index (χ1v) is 11.7. The first-order valence-electron chi connectivity index (χ1n) is 11.7. The molecule has 1 fully saturated rings. The summed E-state index contributed by atoms with van der Waals surface area (Å²) in [6.45, 7) is 5.21. The van der Waals surface area contributed by atoms with Gasteiger partial charge < -0.3 is 24.2 Å². The Kier molecular flexibility index (Phi) is 7.22. The third-order valence-electron chi connectivity index (χ3n) is 6.21. The van der Waals surface area contributed by atoms with Crippen LogP contribution in [-0.2, 0) is 20.7 Å². The molecule has 180 valence electrons. The Balaban J connectivity index is 1.73. The van der Waals surface area contributed by atoms with E-state index in [4.69, 9.17) is 14.2 Å². The van der Waals surface area contributed by atoms with Gasteiger partial charge in [0.2, 0.25) is 0 Å². The van der Waals surface area contributed by atoms with E-state index >= 15 is 0 Å². The van der Waals surface area contributed by atoms with Crippen molar-refractivity contribution < 1.29 is 28.9 Å². The molecule has 0 aliphatic carbocycles. The van der Waals surface area contributed by atoms with E-state index in [1.807, 2.05) is 37.3 Å². The molecular formula is C27H31NO6. The van der Waals surface area contributed by atoms with Crippen molar-refractivity contribution >= 4 is 17.4 Å². The van der Waals surface area contributed by atoms with Crippen LogP contribution in [0.2, 0.25) is 0 Å². The van der Waals surface area contributed by atoms with Gasteiger partial charge in [0.05, 0.1) is 24.8 Å². The molecule has 2 atom stereocenters. The summed E-state index contributed by atoms with van der Waals surface area (Å²) < 4.78 is 16.7. The summed E-state index contributed by atoms with van der Waals surface area (Å²) in [7, 11) is 1.54. The number of aliphatic hydroxyl groups excluding tert-OH is 1. The van der Waals surface area contributed by atoms with Crippen molar-refractivity contribution in [1.82, 2.24) is 4.90 Å². The summed E-state index contributed by atoms with van der Waals surface area (Å²) in [5.74, 6) is -0.0375. The second-order valence-electron chi connectivity index (χ2n) is 8.71. The lowest BCUT2D eigenvalue weighted by Crippen LogP contribution is -2.32. The summed E-state index contributed by atoms with van der Waals surface area (Å²) in [5, 5.41) is 11.3. The van der Waals surface area contributed by atoms with E-state index in [1.54, 1.807) is 19.2 Å². The number of hydrogen-bond donors (Lipinski definition) is 1. The van der Waals surface area contributed by atoms with Gasteiger partial charge in [0.1, 0.15) is 23.4 Å². The molecule has 34 heavy (non-hydrogen) atoms. The van der Waals surface area contributed by atoms with Crippen LogP contribution in [0.25, 0.3) is 5.76 Å². The van der Waals surface area contributed by atoms with Crippen molar-refractivity contribution in [2.75, 3.05) is 26.9 Å². The fourth-order valence-electron chi connectivity index (χ4n) is 4.45. The van der Waals surface area contributed by atoms with Crippen LogP contribution in [0.4, 0.5) is 0 Å². The number of nitrogens with zero attached hydrogens (tertiary/aromatic N) is 1. The molecule has 4 rings (SSSR count). The Bertz CT molecular complexity index is 1090. The number of rotatable bonds is 9. The molecule has 2 aliphatic rings. The summed E-state index contributed by atoms with van der Waals surface area (Å²) in [5.41, 5.74) is 2.26. The maximum absolute atomic E-state index is 13.1. The van der Waals surface area contributed by atoms with Gasteiger partial charge in [0.25, 0.3) is 11.7 Å². The van der Waals surface area contributed by atoms with E-state index in [0.29, 0.717) is 12.2 Å². The minimum absolute atomic E-state index is 0.0603. The molecule has 2 aromatic carbocycles. The van der Waals surface area contributed by atoms with Crippen LogP contribution in [0.1, 0.15) is 49.4 Å². The van der Waals surface area contributed by atoms with Gasteiger partial charge in [-0.15, -0.1) is 0 Å². The van der Waals surface area contributed by atoms with E-state index in [-0.39, 0.29) is 30.6 Å². The number of carbonyl (C=O) groups is 2. The number of hydrogen-bond acceptors (Lipinski definition) is 6. The normalized spacial score (nSPS) is 21.0. The van der Waals surface area contributed by atoms with E-state index in [1.165, 1.54) is 4.90 Å².